The lowest BCUT2D eigenvalue weighted by Gasteiger charge is -2.13. The van der Waals surface area contributed by atoms with Crippen molar-refractivity contribution in [3.8, 4) is 11.1 Å². The fourth-order valence-corrected chi connectivity index (χ4v) is 2.27. The van der Waals surface area contributed by atoms with Crippen LogP contribution in [0.3, 0.4) is 0 Å². The topological polar surface area (TPSA) is 38.0 Å². The van der Waals surface area contributed by atoms with Crippen LogP contribution in [0.25, 0.3) is 11.1 Å². The van der Waals surface area contributed by atoms with Gasteiger partial charge in [-0.3, -0.25) is 0 Å². The Balaban J connectivity index is 1.89. The van der Waals surface area contributed by atoms with Gasteiger partial charge < -0.3 is 11.1 Å². The second kappa shape index (κ2) is 7.71. The van der Waals surface area contributed by atoms with E-state index in [1.54, 1.807) is 0 Å². The van der Waals surface area contributed by atoms with Crippen LogP contribution in [-0.2, 0) is 0 Å². The Labute approximate surface area is 122 Å². The van der Waals surface area contributed by atoms with Crippen LogP contribution in [-0.4, -0.2) is 13.1 Å². The van der Waals surface area contributed by atoms with Crippen LogP contribution in [0.4, 0.5) is 5.69 Å². The van der Waals surface area contributed by atoms with Crippen molar-refractivity contribution in [2.24, 2.45) is 11.7 Å². The molecule has 2 aromatic carbocycles. The maximum absolute atomic E-state index is 5.54. The van der Waals surface area contributed by atoms with E-state index in [4.69, 9.17) is 5.73 Å². The van der Waals surface area contributed by atoms with Gasteiger partial charge in [-0.05, 0) is 48.6 Å². The number of nitrogens with one attached hydrogen (secondary N) is 1. The summed E-state index contributed by atoms with van der Waals surface area (Å²) in [5.74, 6) is 0.660. The lowest BCUT2D eigenvalue weighted by molar-refractivity contribution is 0.538. The van der Waals surface area contributed by atoms with Gasteiger partial charge in [0, 0.05) is 12.2 Å². The highest BCUT2D eigenvalue weighted by atomic mass is 14.9. The first-order valence-electron chi connectivity index (χ1n) is 7.39. The highest BCUT2D eigenvalue weighted by Gasteiger charge is 2.02. The normalized spacial score (nSPS) is 12.1. The quantitative estimate of drug-likeness (QED) is 0.792. The summed E-state index contributed by atoms with van der Waals surface area (Å²) < 4.78 is 0. The molecule has 0 amide bonds. The molecule has 0 aliphatic carbocycles. The molecule has 0 heterocycles. The van der Waals surface area contributed by atoms with Gasteiger partial charge in [-0.1, -0.05) is 49.4 Å². The Kier molecular flexibility index (Phi) is 5.63. The first kappa shape index (κ1) is 14.6. The molecule has 3 N–H and O–H groups in total. The predicted molar refractivity (Wildman–Crippen MR) is 87.8 cm³/mol. The van der Waals surface area contributed by atoms with Crippen molar-refractivity contribution in [1.82, 2.24) is 0 Å². The van der Waals surface area contributed by atoms with Crippen molar-refractivity contribution in [3.05, 3.63) is 54.6 Å². The average Bonchev–Trinajstić information content (AvgIpc) is 2.52. The SMILES string of the molecule is CC(CCCN)CNc1ccc(-c2ccccc2)cc1. The van der Waals surface area contributed by atoms with E-state index in [9.17, 15) is 0 Å². The van der Waals surface area contributed by atoms with Gasteiger partial charge >= 0.3 is 0 Å². The van der Waals surface area contributed by atoms with Crippen molar-refractivity contribution >= 4 is 5.69 Å². The van der Waals surface area contributed by atoms with E-state index in [0.29, 0.717) is 5.92 Å². The molecule has 0 fully saturated rings. The molecule has 20 heavy (non-hydrogen) atoms. The number of hydrogen-bond acceptors (Lipinski definition) is 2. The van der Waals surface area contributed by atoms with Crippen molar-refractivity contribution < 1.29 is 0 Å². The molecule has 0 aliphatic rings. The molecule has 0 aliphatic heterocycles. The maximum atomic E-state index is 5.54. The molecule has 0 aromatic heterocycles. The summed E-state index contributed by atoms with van der Waals surface area (Å²) in [6, 6.07) is 19.1. The van der Waals surface area contributed by atoms with Crippen LogP contribution >= 0.6 is 0 Å². The summed E-state index contributed by atoms with van der Waals surface area (Å²) in [5, 5.41) is 3.49. The van der Waals surface area contributed by atoms with Crippen molar-refractivity contribution in [2.75, 3.05) is 18.4 Å². The summed E-state index contributed by atoms with van der Waals surface area (Å²) in [5.41, 5.74) is 9.24. The van der Waals surface area contributed by atoms with Gasteiger partial charge in [0.2, 0.25) is 0 Å². The molecule has 0 saturated heterocycles. The third-order valence-electron chi connectivity index (χ3n) is 3.55. The van der Waals surface area contributed by atoms with E-state index in [0.717, 1.165) is 19.5 Å². The zero-order chi connectivity index (χ0) is 14.2. The molecule has 106 valence electrons. The molecule has 0 spiro atoms. The van der Waals surface area contributed by atoms with Gasteiger partial charge in [0.05, 0.1) is 0 Å². The summed E-state index contributed by atoms with van der Waals surface area (Å²) in [6.45, 7) is 4.06. The van der Waals surface area contributed by atoms with Crippen LogP contribution in [0.2, 0.25) is 0 Å². The van der Waals surface area contributed by atoms with Gasteiger partial charge in [0.1, 0.15) is 0 Å². The molecule has 2 heteroatoms. The fourth-order valence-electron chi connectivity index (χ4n) is 2.27. The first-order valence-corrected chi connectivity index (χ1v) is 7.39. The molecule has 2 nitrogen and oxygen atoms in total. The summed E-state index contributed by atoms with van der Waals surface area (Å²) >= 11 is 0. The monoisotopic (exact) mass is 268 g/mol. The Hall–Kier alpha value is -1.80. The third kappa shape index (κ3) is 4.39. The largest absolute Gasteiger partial charge is 0.385 e. The molecule has 1 atom stereocenters. The molecule has 0 saturated carbocycles. The molecule has 0 bridgehead atoms. The van der Waals surface area contributed by atoms with Crippen molar-refractivity contribution in [3.63, 3.8) is 0 Å². The third-order valence-corrected chi connectivity index (χ3v) is 3.55. The fraction of sp³-hybridized carbons (Fsp3) is 0.333. The van der Waals surface area contributed by atoms with E-state index in [1.165, 1.54) is 23.2 Å². The van der Waals surface area contributed by atoms with E-state index in [2.05, 4.69) is 60.8 Å². The van der Waals surface area contributed by atoms with Gasteiger partial charge in [-0.15, -0.1) is 0 Å². The number of benzene rings is 2. The lowest BCUT2D eigenvalue weighted by atomic mass is 10.0. The van der Waals surface area contributed by atoms with Crippen LogP contribution in [0.1, 0.15) is 19.8 Å². The minimum Gasteiger partial charge on any atom is -0.385 e. The van der Waals surface area contributed by atoms with Crippen molar-refractivity contribution in [1.29, 1.82) is 0 Å². The molecular formula is C18H24N2. The Bertz CT molecular complexity index is 491. The summed E-state index contributed by atoms with van der Waals surface area (Å²) in [4.78, 5) is 0. The Morgan fingerprint density at radius 3 is 2.25 bits per heavy atom. The predicted octanol–water partition coefficient (Wildman–Crippen LogP) is 4.14. The Morgan fingerprint density at radius 2 is 1.60 bits per heavy atom. The second-order valence-corrected chi connectivity index (χ2v) is 5.36. The Morgan fingerprint density at radius 1 is 0.950 bits per heavy atom. The van der Waals surface area contributed by atoms with E-state index >= 15 is 0 Å². The van der Waals surface area contributed by atoms with Crippen LogP contribution in [0.5, 0.6) is 0 Å². The number of anilines is 1. The van der Waals surface area contributed by atoms with Crippen LogP contribution < -0.4 is 11.1 Å². The summed E-state index contributed by atoms with van der Waals surface area (Å²) in [7, 11) is 0. The van der Waals surface area contributed by atoms with Gasteiger partial charge in [-0.2, -0.15) is 0 Å². The zero-order valence-electron chi connectivity index (χ0n) is 12.2. The van der Waals surface area contributed by atoms with E-state index in [1.807, 2.05) is 6.07 Å². The zero-order valence-corrected chi connectivity index (χ0v) is 12.2. The first-order chi connectivity index (χ1) is 9.79. The highest BCUT2D eigenvalue weighted by Crippen LogP contribution is 2.21. The minimum atomic E-state index is 0.660. The van der Waals surface area contributed by atoms with Crippen LogP contribution in [0, 0.1) is 5.92 Å². The molecule has 0 radical (unpaired) electrons. The molecule has 2 aromatic rings. The second-order valence-electron chi connectivity index (χ2n) is 5.36. The average molecular weight is 268 g/mol. The number of rotatable bonds is 7. The van der Waals surface area contributed by atoms with E-state index in [-0.39, 0.29) is 0 Å². The van der Waals surface area contributed by atoms with Crippen molar-refractivity contribution in [2.45, 2.75) is 19.8 Å². The van der Waals surface area contributed by atoms with Gasteiger partial charge in [0.25, 0.3) is 0 Å². The number of nitrogens with two attached hydrogens (primary N) is 1. The molecule has 2 rings (SSSR count). The minimum absolute atomic E-state index is 0.660. The van der Waals surface area contributed by atoms with E-state index < -0.39 is 0 Å². The highest BCUT2D eigenvalue weighted by molar-refractivity contribution is 5.65. The molecule has 1 unspecified atom stereocenters. The van der Waals surface area contributed by atoms with Gasteiger partial charge in [-0.25, -0.2) is 0 Å². The standard InChI is InChI=1S/C18H24N2/c1-15(6-5-13-19)14-20-18-11-9-17(10-12-18)16-7-3-2-4-8-16/h2-4,7-12,15,20H,5-6,13-14,19H2,1H3. The lowest BCUT2D eigenvalue weighted by Crippen LogP contribution is -2.12. The number of hydrogen-bond donors (Lipinski definition) is 2. The smallest absolute Gasteiger partial charge is 0.0340 e. The van der Waals surface area contributed by atoms with Crippen LogP contribution in [0.15, 0.2) is 54.6 Å². The maximum Gasteiger partial charge on any atom is 0.0340 e. The van der Waals surface area contributed by atoms with Gasteiger partial charge in [0.15, 0.2) is 0 Å². The molecular weight excluding hydrogens is 244 g/mol. The summed E-state index contributed by atoms with van der Waals surface area (Å²) in [6.07, 6.45) is 2.29.